The molecule has 1 amide bonds. The summed E-state index contributed by atoms with van der Waals surface area (Å²) in [4.78, 5) is 34.1. The molecule has 2 aromatic carbocycles. The molecule has 0 unspecified atom stereocenters. The Kier molecular flexibility index (Phi) is 5.41. The molecule has 7 nitrogen and oxygen atoms in total. The summed E-state index contributed by atoms with van der Waals surface area (Å²) in [7, 11) is 3.02. The van der Waals surface area contributed by atoms with Gasteiger partial charge in [0.25, 0.3) is 5.91 Å². The molecule has 136 valence electrons. The van der Waals surface area contributed by atoms with Crippen LogP contribution in [0.3, 0.4) is 0 Å². The number of hydrogen-bond donors (Lipinski definition) is 1. The molecule has 0 fully saturated rings. The number of nitrogens with zero attached hydrogens (tertiary/aromatic N) is 3. The smallest absolute Gasteiger partial charge is 0.337 e. The Labute approximate surface area is 156 Å². The molecule has 1 aromatic heterocycles. The third-order valence-electron chi connectivity index (χ3n) is 3.88. The Morgan fingerprint density at radius 3 is 2.37 bits per heavy atom. The Morgan fingerprint density at radius 1 is 1.00 bits per heavy atom. The van der Waals surface area contributed by atoms with Crippen molar-refractivity contribution >= 4 is 29.2 Å². The lowest BCUT2D eigenvalue weighted by atomic mass is 10.2. The van der Waals surface area contributed by atoms with Gasteiger partial charge in [0.2, 0.25) is 5.95 Å². The van der Waals surface area contributed by atoms with E-state index in [0.717, 1.165) is 5.69 Å². The third-order valence-corrected chi connectivity index (χ3v) is 3.88. The van der Waals surface area contributed by atoms with Crippen LogP contribution < -0.4 is 10.2 Å². The minimum Gasteiger partial charge on any atom is -0.465 e. The maximum absolute atomic E-state index is 12.7. The summed E-state index contributed by atoms with van der Waals surface area (Å²) in [5.41, 5.74) is 2.17. The molecular formula is C20H18N4O3. The van der Waals surface area contributed by atoms with Crippen molar-refractivity contribution in [3.05, 3.63) is 78.1 Å². The van der Waals surface area contributed by atoms with Crippen molar-refractivity contribution in [1.29, 1.82) is 0 Å². The van der Waals surface area contributed by atoms with Gasteiger partial charge < -0.3 is 15.0 Å². The van der Waals surface area contributed by atoms with Gasteiger partial charge in [-0.15, -0.1) is 0 Å². The van der Waals surface area contributed by atoms with Crippen LogP contribution in [-0.2, 0) is 4.74 Å². The molecule has 3 rings (SSSR count). The lowest BCUT2D eigenvalue weighted by Crippen LogP contribution is -2.27. The van der Waals surface area contributed by atoms with Crippen molar-refractivity contribution in [2.75, 3.05) is 24.4 Å². The minimum atomic E-state index is -0.408. The van der Waals surface area contributed by atoms with Crippen LogP contribution in [0.2, 0.25) is 0 Å². The average molecular weight is 362 g/mol. The Balaban J connectivity index is 1.75. The third kappa shape index (κ3) is 4.27. The summed E-state index contributed by atoms with van der Waals surface area (Å²) in [6.07, 6.45) is 1.52. The van der Waals surface area contributed by atoms with Crippen molar-refractivity contribution in [3.63, 3.8) is 0 Å². The predicted molar refractivity (Wildman–Crippen MR) is 102 cm³/mol. The number of aromatic nitrogens is 2. The number of hydrogen-bond acceptors (Lipinski definition) is 6. The Morgan fingerprint density at radius 2 is 1.70 bits per heavy atom. The second kappa shape index (κ2) is 8.09. The number of methoxy groups -OCH3 is 1. The van der Waals surface area contributed by atoms with Gasteiger partial charge in [-0.3, -0.25) is 4.79 Å². The second-order valence-electron chi connectivity index (χ2n) is 5.66. The number of ether oxygens (including phenoxy) is 1. The van der Waals surface area contributed by atoms with Crippen LogP contribution in [0.1, 0.15) is 20.8 Å². The molecule has 0 spiro atoms. The zero-order chi connectivity index (χ0) is 19.2. The van der Waals surface area contributed by atoms with E-state index in [9.17, 15) is 9.59 Å². The van der Waals surface area contributed by atoms with Gasteiger partial charge in [-0.05, 0) is 42.5 Å². The Hall–Kier alpha value is -3.74. The highest BCUT2D eigenvalue weighted by Gasteiger charge is 2.15. The zero-order valence-electron chi connectivity index (χ0n) is 14.9. The lowest BCUT2D eigenvalue weighted by molar-refractivity contribution is 0.0600. The standard InChI is InChI=1S/C20H18N4O3/c1-24(16-6-4-3-5-7-16)18(25)17-12-13-21-20(23-17)22-15-10-8-14(9-11-15)19(26)27-2/h3-13H,1-2H3,(H,21,22,23). The molecule has 0 radical (unpaired) electrons. The number of benzene rings is 2. The van der Waals surface area contributed by atoms with Crippen LogP contribution in [0, 0.1) is 0 Å². The molecule has 0 aliphatic rings. The molecule has 0 aliphatic carbocycles. The fourth-order valence-corrected chi connectivity index (χ4v) is 2.42. The van der Waals surface area contributed by atoms with Crippen LogP contribution in [0.5, 0.6) is 0 Å². The molecule has 0 saturated carbocycles. The lowest BCUT2D eigenvalue weighted by Gasteiger charge is -2.17. The van der Waals surface area contributed by atoms with Crippen molar-refractivity contribution in [2.45, 2.75) is 0 Å². The maximum Gasteiger partial charge on any atom is 0.337 e. The minimum absolute atomic E-state index is 0.243. The normalized spacial score (nSPS) is 10.1. The number of rotatable bonds is 5. The van der Waals surface area contributed by atoms with Gasteiger partial charge in [0.1, 0.15) is 5.69 Å². The molecular weight excluding hydrogens is 344 g/mol. The molecule has 1 heterocycles. The fourth-order valence-electron chi connectivity index (χ4n) is 2.42. The van der Waals surface area contributed by atoms with Gasteiger partial charge >= 0.3 is 5.97 Å². The van der Waals surface area contributed by atoms with E-state index in [4.69, 9.17) is 0 Å². The molecule has 27 heavy (non-hydrogen) atoms. The molecule has 7 heteroatoms. The van der Waals surface area contributed by atoms with E-state index in [1.807, 2.05) is 30.3 Å². The molecule has 0 aliphatic heterocycles. The van der Waals surface area contributed by atoms with Gasteiger partial charge in [-0.25, -0.2) is 14.8 Å². The van der Waals surface area contributed by atoms with E-state index in [-0.39, 0.29) is 17.5 Å². The van der Waals surface area contributed by atoms with Crippen LogP contribution in [0.25, 0.3) is 0 Å². The number of nitrogens with one attached hydrogen (secondary N) is 1. The van der Waals surface area contributed by atoms with Gasteiger partial charge in [0.05, 0.1) is 12.7 Å². The number of carbonyl (C=O) groups excluding carboxylic acids is 2. The molecule has 0 bridgehead atoms. The summed E-state index contributed by atoms with van der Waals surface area (Å²) < 4.78 is 4.67. The summed E-state index contributed by atoms with van der Waals surface area (Å²) in [5.74, 6) is -0.366. The van der Waals surface area contributed by atoms with Gasteiger partial charge in [0.15, 0.2) is 0 Å². The van der Waals surface area contributed by atoms with E-state index >= 15 is 0 Å². The topological polar surface area (TPSA) is 84.4 Å². The number of para-hydroxylation sites is 1. The number of amides is 1. The summed E-state index contributed by atoms with van der Waals surface area (Å²) in [5, 5.41) is 3.02. The van der Waals surface area contributed by atoms with E-state index < -0.39 is 5.97 Å². The van der Waals surface area contributed by atoms with E-state index in [1.54, 1.807) is 37.4 Å². The SMILES string of the molecule is COC(=O)c1ccc(Nc2nccc(C(=O)N(C)c3ccccc3)n2)cc1. The van der Waals surface area contributed by atoms with E-state index in [0.29, 0.717) is 11.3 Å². The highest BCUT2D eigenvalue weighted by Crippen LogP contribution is 2.17. The largest absolute Gasteiger partial charge is 0.465 e. The molecule has 0 atom stereocenters. The van der Waals surface area contributed by atoms with Crippen LogP contribution in [-0.4, -0.2) is 36.0 Å². The van der Waals surface area contributed by atoms with Crippen LogP contribution in [0.4, 0.5) is 17.3 Å². The van der Waals surface area contributed by atoms with Gasteiger partial charge in [-0.1, -0.05) is 18.2 Å². The Bertz CT molecular complexity index is 943. The monoisotopic (exact) mass is 362 g/mol. The second-order valence-corrected chi connectivity index (χ2v) is 5.66. The van der Waals surface area contributed by atoms with Crippen molar-refractivity contribution in [3.8, 4) is 0 Å². The zero-order valence-corrected chi connectivity index (χ0v) is 14.9. The molecule has 1 N–H and O–H groups in total. The van der Waals surface area contributed by atoms with Gasteiger partial charge in [-0.2, -0.15) is 0 Å². The first-order valence-corrected chi connectivity index (χ1v) is 8.20. The van der Waals surface area contributed by atoms with Crippen molar-refractivity contribution in [1.82, 2.24) is 9.97 Å². The first-order chi connectivity index (χ1) is 13.1. The maximum atomic E-state index is 12.7. The summed E-state index contributed by atoms with van der Waals surface area (Å²) >= 11 is 0. The number of esters is 1. The average Bonchev–Trinajstić information content (AvgIpc) is 2.73. The molecule has 3 aromatic rings. The summed E-state index contributed by atoms with van der Waals surface area (Å²) in [6, 6.07) is 17.6. The number of anilines is 3. The highest BCUT2D eigenvalue weighted by molar-refractivity contribution is 6.04. The quantitative estimate of drug-likeness (QED) is 0.701. The van der Waals surface area contributed by atoms with Crippen molar-refractivity contribution < 1.29 is 14.3 Å². The first-order valence-electron chi connectivity index (χ1n) is 8.20. The first kappa shape index (κ1) is 18.1. The number of carbonyl (C=O) groups is 2. The predicted octanol–water partition coefficient (Wildman–Crippen LogP) is 3.28. The van der Waals surface area contributed by atoms with Crippen molar-refractivity contribution in [2.24, 2.45) is 0 Å². The van der Waals surface area contributed by atoms with E-state index in [1.165, 1.54) is 18.2 Å². The van der Waals surface area contributed by atoms with Crippen LogP contribution in [0.15, 0.2) is 66.9 Å². The van der Waals surface area contributed by atoms with Gasteiger partial charge in [0, 0.05) is 24.6 Å². The highest BCUT2D eigenvalue weighted by atomic mass is 16.5. The summed E-state index contributed by atoms with van der Waals surface area (Å²) in [6.45, 7) is 0. The fraction of sp³-hybridized carbons (Fsp3) is 0.100. The van der Waals surface area contributed by atoms with Crippen LogP contribution >= 0.6 is 0 Å². The van der Waals surface area contributed by atoms with E-state index in [2.05, 4.69) is 20.0 Å². The molecule has 0 saturated heterocycles.